The Kier molecular flexibility index (Phi) is 15.3. The van der Waals surface area contributed by atoms with E-state index in [0.717, 1.165) is 12.8 Å². The molecule has 0 radical (unpaired) electrons. The number of Topliss-reactive ketones (excluding diaryl/α,β-unsaturated/α-hetero) is 1. The number of likely N-dealkylation sites (tertiary alicyclic amines) is 1. The number of nitrogens with zero attached hydrogens (tertiary/aromatic N) is 1. The topological polar surface area (TPSA) is 185 Å². The molecule has 1 saturated heterocycles. The monoisotopic (exact) mass is 733 g/mol. The van der Waals surface area contributed by atoms with Gasteiger partial charge in [0.25, 0.3) is 5.91 Å². The van der Waals surface area contributed by atoms with Gasteiger partial charge in [0, 0.05) is 6.54 Å². The van der Waals surface area contributed by atoms with E-state index in [1.54, 1.807) is 52.0 Å². The average molecular weight is 734 g/mol. The van der Waals surface area contributed by atoms with E-state index < -0.39 is 73.9 Å². The zero-order valence-electron chi connectivity index (χ0n) is 32.4. The third-order valence-corrected chi connectivity index (χ3v) is 11.3. The summed E-state index contributed by atoms with van der Waals surface area (Å²) in [5.41, 5.74) is 3.61. The van der Waals surface area contributed by atoms with E-state index in [9.17, 15) is 32.4 Å². The lowest BCUT2D eigenvalue weighted by Gasteiger charge is -2.39. The predicted octanol–water partition coefficient (Wildman–Crippen LogP) is 4.50. The van der Waals surface area contributed by atoms with E-state index >= 15 is 0 Å². The van der Waals surface area contributed by atoms with Crippen LogP contribution in [0.5, 0.6) is 0 Å². The molecule has 1 heterocycles. The Morgan fingerprint density at radius 2 is 1.55 bits per heavy atom. The summed E-state index contributed by atoms with van der Waals surface area (Å²) in [5.74, 6) is -3.77. The van der Waals surface area contributed by atoms with Crippen molar-refractivity contribution in [1.82, 2.24) is 20.9 Å². The van der Waals surface area contributed by atoms with Crippen LogP contribution in [0.3, 0.4) is 0 Å². The summed E-state index contributed by atoms with van der Waals surface area (Å²) < 4.78 is 26.7. The van der Waals surface area contributed by atoms with Crippen molar-refractivity contribution in [1.29, 1.82) is 0 Å². The molecular formula is C38H63N5O7S. The van der Waals surface area contributed by atoms with Gasteiger partial charge in [0.15, 0.2) is 9.84 Å². The molecule has 2 rings (SSSR count). The maximum Gasteiger partial charge on any atom is 0.315 e. The van der Waals surface area contributed by atoms with Crippen LogP contribution in [0, 0.1) is 22.7 Å². The Balaban J connectivity index is 2.40. The van der Waals surface area contributed by atoms with E-state index in [2.05, 4.69) is 16.0 Å². The van der Waals surface area contributed by atoms with Gasteiger partial charge in [-0.05, 0) is 54.4 Å². The van der Waals surface area contributed by atoms with E-state index in [1.807, 2.05) is 47.6 Å². The van der Waals surface area contributed by atoms with Crippen molar-refractivity contribution in [3.63, 3.8) is 0 Å². The number of carbonyl (C=O) groups excluding carboxylic acids is 5. The number of rotatable bonds is 17. The lowest BCUT2D eigenvalue weighted by Crippen LogP contribution is -2.63. The highest BCUT2D eigenvalue weighted by molar-refractivity contribution is 7.90. The lowest BCUT2D eigenvalue weighted by molar-refractivity contribution is -0.145. The molecule has 1 aromatic rings. The molecule has 5 N–H and O–H groups in total. The van der Waals surface area contributed by atoms with Crippen LogP contribution in [0.15, 0.2) is 30.3 Å². The third-order valence-electron chi connectivity index (χ3n) is 9.46. The Bertz CT molecular complexity index is 1480. The molecule has 0 aliphatic carbocycles. The summed E-state index contributed by atoms with van der Waals surface area (Å²) in [6.07, 6.45) is 3.39. The van der Waals surface area contributed by atoms with Gasteiger partial charge in [-0.1, -0.05) is 112 Å². The number of hydrogen-bond acceptors (Lipinski definition) is 7. The summed E-state index contributed by atoms with van der Waals surface area (Å²) >= 11 is 0. The zero-order chi connectivity index (χ0) is 38.9. The maximum atomic E-state index is 14.5. The average Bonchev–Trinajstić information content (AvgIpc) is 3.44. The van der Waals surface area contributed by atoms with Crippen LogP contribution < -0.4 is 21.7 Å². The first-order valence-electron chi connectivity index (χ1n) is 18.2. The normalized spacial score (nSPS) is 19.2. The minimum atomic E-state index is -3.65. The lowest BCUT2D eigenvalue weighted by atomic mass is 9.75. The van der Waals surface area contributed by atoms with Crippen molar-refractivity contribution >= 4 is 39.4 Å². The predicted molar refractivity (Wildman–Crippen MR) is 200 cm³/mol. The highest BCUT2D eigenvalue weighted by Gasteiger charge is 2.50. The van der Waals surface area contributed by atoms with Crippen LogP contribution >= 0.6 is 0 Å². The number of amides is 5. The van der Waals surface area contributed by atoms with Gasteiger partial charge >= 0.3 is 6.03 Å². The minimum absolute atomic E-state index is 0.0488. The molecule has 1 fully saturated rings. The van der Waals surface area contributed by atoms with Gasteiger partial charge in [-0.2, -0.15) is 0 Å². The number of nitrogens with two attached hydrogens (primary N) is 1. The van der Waals surface area contributed by atoms with Gasteiger partial charge in [-0.25, -0.2) is 13.2 Å². The van der Waals surface area contributed by atoms with E-state index in [0.29, 0.717) is 24.8 Å². The van der Waals surface area contributed by atoms with Crippen molar-refractivity contribution < 1.29 is 32.4 Å². The number of sulfone groups is 1. The zero-order valence-corrected chi connectivity index (χ0v) is 33.2. The fraction of sp³-hybridized carbons (Fsp3) is 0.711. The number of carbonyl (C=O) groups is 5. The van der Waals surface area contributed by atoms with Crippen molar-refractivity contribution in [3.8, 4) is 0 Å². The molecule has 5 atom stereocenters. The molecule has 288 valence electrons. The molecule has 12 nitrogen and oxygen atoms in total. The fourth-order valence-electron chi connectivity index (χ4n) is 7.23. The number of unbranched alkanes of at least 4 members (excludes halogenated alkanes) is 2. The summed E-state index contributed by atoms with van der Waals surface area (Å²) in [5, 5.41) is 8.48. The molecule has 0 spiro atoms. The quantitative estimate of drug-likeness (QED) is 0.134. The van der Waals surface area contributed by atoms with Crippen molar-refractivity contribution in [2.45, 2.75) is 137 Å². The standard InChI is InChI=1S/C38H63N5O7S/c1-11-12-14-19-28(30(44)32(39)45)40-33(46)29-27(36(4,5)6)20-21-43(29)34(47)31(37(7,8)9)41-35(48)42-38(10,22-25(2)3)24-51(49,50)23-26-17-15-13-16-18-26/h13,15-18,25,27-29,31H,11-12,14,19-24H2,1-10H3,(H2,39,45)(H,40,46)(H2,41,42,48)/t27?,28?,29?,31-,38?/m1/s1. The Labute approximate surface area is 305 Å². The molecule has 1 aliphatic rings. The Morgan fingerprint density at radius 1 is 0.941 bits per heavy atom. The summed E-state index contributed by atoms with van der Waals surface area (Å²) in [6, 6.07) is 4.98. The number of nitrogens with one attached hydrogen (secondary N) is 3. The number of ketones is 1. The number of benzene rings is 1. The molecule has 13 heteroatoms. The fourth-order valence-corrected chi connectivity index (χ4v) is 9.20. The molecule has 5 amide bonds. The molecular weight excluding hydrogens is 671 g/mol. The van der Waals surface area contributed by atoms with Gasteiger partial charge in [0.2, 0.25) is 17.6 Å². The van der Waals surface area contributed by atoms with E-state index in [-0.39, 0.29) is 36.3 Å². The first kappa shape index (κ1) is 43.7. The second kappa shape index (κ2) is 17.8. The Morgan fingerprint density at radius 3 is 2.06 bits per heavy atom. The third kappa shape index (κ3) is 13.2. The molecule has 1 aromatic carbocycles. The second-order valence-electron chi connectivity index (χ2n) is 17.1. The van der Waals surface area contributed by atoms with Gasteiger partial charge in [-0.15, -0.1) is 0 Å². The molecule has 0 aromatic heterocycles. The molecule has 51 heavy (non-hydrogen) atoms. The number of urea groups is 1. The largest absolute Gasteiger partial charge is 0.363 e. The maximum absolute atomic E-state index is 14.5. The summed E-state index contributed by atoms with van der Waals surface area (Å²) in [6.45, 7) is 19.2. The molecule has 0 saturated carbocycles. The van der Waals surface area contributed by atoms with Gasteiger partial charge in [-0.3, -0.25) is 19.2 Å². The van der Waals surface area contributed by atoms with Crippen LogP contribution in [-0.4, -0.2) is 78.8 Å². The summed E-state index contributed by atoms with van der Waals surface area (Å²) in [4.78, 5) is 68.4. The van der Waals surface area contributed by atoms with Gasteiger partial charge in [0.1, 0.15) is 12.1 Å². The van der Waals surface area contributed by atoms with Crippen LogP contribution in [0.25, 0.3) is 0 Å². The van der Waals surface area contributed by atoms with Gasteiger partial charge in [0.05, 0.1) is 23.1 Å². The number of primary amides is 1. The van der Waals surface area contributed by atoms with Crippen LogP contribution in [0.4, 0.5) is 4.79 Å². The Hall–Kier alpha value is -3.48. The molecule has 4 unspecified atom stereocenters. The highest BCUT2D eigenvalue weighted by Crippen LogP contribution is 2.40. The van der Waals surface area contributed by atoms with Crippen molar-refractivity contribution in [2.75, 3.05) is 12.3 Å². The van der Waals surface area contributed by atoms with Crippen LogP contribution in [0.2, 0.25) is 0 Å². The van der Waals surface area contributed by atoms with Crippen molar-refractivity contribution in [2.24, 2.45) is 28.4 Å². The smallest absolute Gasteiger partial charge is 0.315 e. The first-order chi connectivity index (χ1) is 23.4. The van der Waals surface area contributed by atoms with E-state index in [4.69, 9.17) is 5.73 Å². The first-order valence-corrected chi connectivity index (χ1v) is 20.0. The number of hydrogen-bond donors (Lipinski definition) is 4. The van der Waals surface area contributed by atoms with E-state index in [1.165, 1.54) is 4.90 Å². The minimum Gasteiger partial charge on any atom is -0.363 e. The molecule has 0 bridgehead atoms. The second-order valence-corrected chi connectivity index (χ2v) is 19.2. The van der Waals surface area contributed by atoms with Crippen LogP contribution in [-0.2, 0) is 34.8 Å². The SMILES string of the molecule is CCCCCC(NC(=O)C1C(C(C)(C)C)CCN1C(=O)[C@@H](NC(=O)NC(C)(CC(C)C)CS(=O)(=O)Cc1ccccc1)C(C)(C)C)C(=O)C(N)=O. The molecule has 1 aliphatic heterocycles. The van der Waals surface area contributed by atoms with Crippen molar-refractivity contribution in [3.05, 3.63) is 35.9 Å². The van der Waals surface area contributed by atoms with Crippen LogP contribution in [0.1, 0.15) is 113 Å². The highest BCUT2D eigenvalue weighted by atomic mass is 32.2. The summed E-state index contributed by atoms with van der Waals surface area (Å²) in [7, 11) is -3.65. The van der Waals surface area contributed by atoms with Gasteiger partial charge < -0.3 is 26.6 Å².